The van der Waals surface area contributed by atoms with E-state index in [4.69, 9.17) is 5.73 Å². The molecule has 0 radical (unpaired) electrons. The van der Waals surface area contributed by atoms with Crippen LogP contribution in [-0.2, 0) is 0 Å². The summed E-state index contributed by atoms with van der Waals surface area (Å²) >= 11 is 0. The molecule has 3 heteroatoms. The molecule has 3 N–H and O–H groups in total. The van der Waals surface area contributed by atoms with Gasteiger partial charge in [-0.1, -0.05) is 0 Å². The molecule has 3 nitrogen and oxygen atoms in total. The van der Waals surface area contributed by atoms with Crippen LogP contribution in [0.2, 0.25) is 0 Å². The first-order chi connectivity index (χ1) is 4.72. The third-order valence-corrected chi connectivity index (χ3v) is 1.26. The Bertz CT molecular complexity index is 107. The Labute approximate surface area is 62.9 Å². The Morgan fingerprint density at radius 3 is 2.50 bits per heavy atom. The molecule has 0 saturated heterocycles. The monoisotopic (exact) mass is 143 g/mol. The number of nitrogens with zero attached hydrogens (tertiary/aromatic N) is 1. The summed E-state index contributed by atoms with van der Waals surface area (Å²) in [4.78, 5) is 2.00. The molecule has 0 aliphatic carbocycles. The number of rotatable bonds is 4. The fourth-order valence-corrected chi connectivity index (χ4v) is 0.590. The molecule has 0 rings (SSSR count). The van der Waals surface area contributed by atoms with Gasteiger partial charge in [0.05, 0.1) is 0 Å². The van der Waals surface area contributed by atoms with Gasteiger partial charge in [0.2, 0.25) is 0 Å². The molecule has 0 aliphatic rings. The molecule has 0 spiro atoms. The highest BCUT2D eigenvalue weighted by Gasteiger charge is 1.93. The zero-order valence-electron chi connectivity index (χ0n) is 7.02. The number of nitrogens with one attached hydrogen (secondary N) is 1. The second kappa shape index (κ2) is 5.11. The van der Waals surface area contributed by atoms with Gasteiger partial charge in [-0.25, -0.2) is 0 Å². The van der Waals surface area contributed by atoms with E-state index in [1.165, 1.54) is 0 Å². The second-order valence-corrected chi connectivity index (χ2v) is 2.29. The van der Waals surface area contributed by atoms with Gasteiger partial charge in [-0.15, -0.1) is 0 Å². The van der Waals surface area contributed by atoms with E-state index >= 15 is 0 Å². The first-order valence-electron chi connectivity index (χ1n) is 3.52. The summed E-state index contributed by atoms with van der Waals surface area (Å²) in [6.07, 6.45) is 1.94. The average molecular weight is 143 g/mol. The zero-order chi connectivity index (χ0) is 7.98. The van der Waals surface area contributed by atoms with Crippen LogP contribution in [0.4, 0.5) is 0 Å². The normalized spacial score (nSPS) is 11.4. The lowest BCUT2D eigenvalue weighted by molar-refractivity contribution is 0.497. The van der Waals surface area contributed by atoms with Gasteiger partial charge in [-0.3, -0.25) is 0 Å². The standard InChI is InChI=1S/C7H17N3/c1-4-9-6-7(5-8)10(2)3/h6,9H,4-5,8H2,1-3H3/b7-6-. The van der Waals surface area contributed by atoms with Crippen molar-refractivity contribution in [2.75, 3.05) is 27.2 Å². The van der Waals surface area contributed by atoms with Gasteiger partial charge in [-0.2, -0.15) is 0 Å². The maximum absolute atomic E-state index is 5.46. The molecule has 0 saturated carbocycles. The average Bonchev–Trinajstić information content (AvgIpc) is 1.89. The van der Waals surface area contributed by atoms with Crippen molar-refractivity contribution in [3.05, 3.63) is 11.9 Å². The van der Waals surface area contributed by atoms with E-state index in [-0.39, 0.29) is 0 Å². The number of nitrogens with two attached hydrogens (primary N) is 1. The minimum atomic E-state index is 0.583. The third kappa shape index (κ3) is 3.35. The fraction of sp³-hybridized carbons (Fsp3) is 0.714. The summed E-state index contributed by atoms with van der Waals surface area (Å²) in [5.74, 6) is 0. The summed E-state index contributed by atoms with van der Waals surface area (Å²) in [5, 5.41) is 3.10. The van der Waals surface area contributed by atoms with E-state index in [2.05, 4.69) is 12.2 Å². The van der Waals surface area contributed by atoms with Crippen LogP contribution in [0.5, 0.6) is 0 Å². The van der Waals surface area contributed by atoms with E-state index in [1.807, 2.05) is 25.2 Å². The molecule has 0 unspecified atom stereocenters. The minimum absolute atomic E-state index is 0.583. The van der Waals surface area contributed by atoms with Gasteiger partial charge >= 0.3 is 0 Å². The zero-order valence-corrected chi connectivity index (χ0v) is 7.02. The first kappa shape index (κ1) is 9.30. The Kier molecular flexibility index (Phi) is 4.76. The van der Waals surface area contributed by atoms with E-state index in [9.17, 15) is 0 Å². The topological polar surface area (TPSA) is 41.3 Å². The summed E-state index contributed by atoms with van der Waals surface area (Å²) < 4.78 is 0. The van der Waals surface area contributed by atoms with Crippen molar-refractivity contribution in [2.24, 2.45) is 5.73 Å². The van der Waals surface area contributed by atoms with Crippen LogP contribution in [-0.4, -0.2) is 32.1 Å². The van der Waals surface area contributed by atoms with Gasteiger partial charge < -0.3 is 16.0 Å². The molecule has 0 aromatic rings. The predicted octanol–water partition coefficient (Wildman–Crippen LogP) is -0.0424. The molecule has 0 fully saturated rings. The number of hydrogen-bond donors (Lipinski definition) is 2. The van der Waals surface area contributed by atoms with Crippen molar-refractivity contribution in [2.45, 2.75) is 6.92 Å². The van der Waals surface area contributed by atoms with Crippen LogP contribution >= 0.6 is 0 Å². The molecule has 60 valence electrons. The van der Waals surface area contributed by atoms with Gasteiger partial charge in [-0.05, 0) is 6.92 Å². The van der Waals surface area contributed by atoms with Gasteiger partial charge in [0.15, 0.2) is 0 Å². The largest absolute Gasteiger partial charge is 0.390 e. The van der Waals surface area contributed by atoms with Crippen molar-refractivity contribution in [3.8, 4) is 0 Å². The van der Waals surface area contributed by atoms with Crippen LogP contribution < -0.4 is 11.1 Å². The lowest BCUT2D eigenvalue weighted by Gasteiger charge is -2.15. The van der Waals surface area contributed by atoms with Crippen LogP contribution in [0.1, 0.15) is 6.92 Å². The minimum Gasteiger partial charge on any atom is -0.390 e. The molecule has 0 heterocycles. The van der Waals surface area contributed by atoms with E-state index in [0.717, 1.165) is 12.2 Å². The molecule has 10 heavy (non-hydrogen) atoms. The molecule has 0 aliphatic heterocycles. The SMILES string of the molecule is CCN/C=C(/CN)N(C)C. The molecule has 0 bridgehead atoms. The molecular weight excluding hydrogens is 126 g/mol. The van der Waals surface area contributed by atoms with Crippen LogP contribution in [0.15, 0.2) is 11.9 Å². The van der Waals surface area contributed by atoms with Gasteiger partial charge in [0.25, 0.3) is 0 Å². The summed E-state index contributed by atoms with van der Waals surface area (Å²) in [5.41, 5.74) is 6.58. The molecule has 0 amide bonds. The molecule has 0 atom stereocenters. The summed E-state index contributed by atoms with van der Waals surface area (Å²) in [6.45, 7) is 3.58. The van der Waals surface area contributed by atoms with Gasteiger partial charge in [0, 0.05) is 39.1 Å². The van der Waals surface area contributed by atoms with Gasteiger partial charge in [0.1, 0.15) is 0 Å². The van der Waals surface area contributed by atoms with Crippen LogP contribution in [0.25, 0.3) is 0 Å². The highest BCUT2D eigenvalue weighted by Crippen LogP contribution is 1.91. The van der Waals surface area contributed by atoms with E-state index < -0.39 is 0 Å². The lowest BCUT2D eigenvalue weighted by atomic mass is 10.4. The lowest BCUT2D eigenvalue weighted by Crippen LogP contribution is -2.21. The number of likely N-dealkylation sites (N-methyl/N-ethyl adjacent to an activating group) is 1. The van der Waals surface area contributed by atoms with Crippen molar-refractivity contribution in [1.29, 1.82) is 0 Å². The quantitative estimate of drug-likeness (QED) is 0.580. The number of hydrogen-bond acceptors (Lipinski definition) is 3. The predicted molar refractivity (Wildman–Crippen MR) is 44.5 cm³/mol. The Morgan fingerprint density at radius 2 is 2.20 bits per heavy atom. The highest BCUT2D eigenvalue weighted by molar-refractivity contribution is 4.99. The second-order valence-electron chi connectivity index (χ2n) is 2.29. The Balaban J connectivity index is 3.79. The van der Waals surface area contributed by atoms with Crippen molar-refractivity contribution in [3.63, 3.8) is 0 Å². The van der Waals surface area contributed by atoms with E-state index in [1.54, 1.807) is 0 Å². The van der Waals surface area contributed by atoms with Crippen LogP contribution in [0, 0.1) is 0 Å². The highest BCUT2D eigenvalue weighted by atomic mass is 15.1. The maximum Gasteiger partial charge on any atom is 0.0425 e. The fourth-order valence-electron chi connectivity index (χ4n) is 0.590. The molecule has 0 aromatic heterocycles. The first-order valence-corrected chi connectivity index (χ1v) is 3.52. The van der Waals surface area contributed by atoms with Crippen LogP contribution in [0.3, 0.4) is 0 Å². The smallest absolute Gasteiger partial charge is 0.0425 e. The maximum atomic E-state index is 5.46. The summed E-state index contributed by atoms with van der Waals surface area (Å²) in [6, 6.07) is 0. The van der Waals surface area contributed by atoms with E-state index in [0.29, 0.717) is 6.54 Å². The Hall–Kier alpha value is -0.700. The Morgan fingerprint density at radius 1 is 1.60 bits per heavy atom. The van der Waals surface area contributed by atoms with Crippen molar-refractivity contribution >= 4 is 0 Å². The summed E-state index contributed by atoms with van der Waals surface area (Å²) in [7, 11) is 3.96. The van der Waals surface area contributed by atoms with Crippen molar-refractivity contribution < 1.29 is 0 Å². The third-order valence-electron chi connectivity index (χ3n) is 1.26. The molecule has 0 aromatic carbocycles. The van der Waals surface area contributed by atoms with Crippen molar-refractivity contribution in [1.82, 2.24) is 10.2 Å². The molecular formula is C7H17N3.